The lowest BCUT2D eigenvalue weighted by molar-refractivity contribution is 0.358. The van der Waals surface area contributed by atoms with Gasteiger partial charge in [0.15, 0.2) is 0 Å². The number of aryl methyl sites for hydroxylation is 1. The highest BCUT2D eigenvalue weighted by molar-refractivity contribution is 7.92. The molecule has 1 heterocycles. The lowest BCUT2D eigenvalue weighted by Crippen LogP contribution is -2.13. The molecule has 0 amide bonds. The quantitative estimate of drug-likeness (QED) is 0.947. The number of sulfonamides is 1. The standard InChI is InChI=1S/C16H15NO3S/c1-12-4-6-14(7-5-12)17-21(18,19)15-8-9-16-13(11-15)3-2-10-20-16/h2-9,11,17H,10H2,1H3. The van der Waals surface area contributed by atoms with E-state index in [0.29, 0.717) is 18.0 Å². The van der Waals surface area contributed by atoms with Crippen molar-refractivity contribution in [3.05, 3.63) is 59.7 Å². The summed E-state index contributed by atoms with van der Waals surface area (Å²) in [4.78, 5) is 0.219. The Morgan fingerprint density at radius 1 is 1.10 bits per heavy atom. The lowest BCUT2D eigenvalue weighted by Gasteiger charge is -2.14. The Labute approximate surface area is 124 Å². The summed E-state index contributed by atoms with van der Waals surface area (Å²) < 4.78 is 32.8. The Morgan fingerprint density at radius 3 is 2.62 bits per heavy atom. The minimum atomic E-state index is -3.60. The first kappa shape index (κ1) is 13.7. The summed E-state index contributed by atoms with van der Waals surface area (Å²) in [5, 5.41) is 0. The third kappa shape index (κ3) is 2.92. The maximum Gasteiger partial charge on any atom is 0.261 e. The van der Waals surface area contributed by atoms with Crippen LogP contribution in [0.25, 0.3) is 6.08 Å². The minimum Gasteiger partial charge on any atom is -0.489 e. The van der Waals surface area contributed by atoms with Crippen LogP contribution in [0.2, 0.25) is 0 Å². The molecule has 0 fully saturated rings. The monoisotopic (exact) mass is 301 g/mol. The smallest absolute Gasteiger partial charge is 0.261 e. The van der Waals surface area contributed by atoms with Crippen molar-refractivity contribution >= 4 is 21.8 Å². The molecule has 5 heteroatoms. The summed E-state index contributed by atoms with van der Waals surface area (Å²) in [6.45, 7) is 2.47. The van der Waals surface area contributed by atoms with Crippen LogP contribution in [0.4, 0.5) is 5.69 Å². The van der Waals surface area contributed by atoms with Gasteiger partial charge < -0.3 is 4.74 Å². The molecule has 0 unspecified atom stereocenters. The molecule has 2 aromatic rings. The predicted molar refractivity (Wildman–Crippen MR) is 83.0 cm³/mol. The van der Waals surface area contributed by atoms with E-state index < -0.39 is 10.0 Å². The third-order valence-electron chi connectivity index (χ3n) is 3.23. The highest BCUT2D eigenvalue weighted by atomic mass is 32.2. The Bertz CT molecular complexity index is 793. The van der Waals surface area contributed by atoms with Crippen LogP contribution >= 0.6 is 0 Å². The molecule has 0 aliphatic carbocycles. The molecule has 4 nitrogen and oxygen atoms in total. The zero-order chi connectivity index (χ0) is 14.9. The van der Waals surface area contributed by atoms with Crippen molar-refractivity contribution in [2.45, 2.75) is 11.8 Å². The van der Waals surface area contributed by atoms with Crippen LogP contribution < -0.4 is 9.46 Å². The van der Waals surface area contributed by atoms with Crippen molar-refractivity contribution in [1.82, 2.24) is 0 Å². The molecule has 108 valence electrons. The summed E-state index contributed by atoms with van der Waals surface area (Å²) in [7, 11) is -3.60. The van der Waals surface area contributed by atoms with E-state index in [1.165, 1.54) is 0 Å². The number of nitrogens with one attached hydrogen (secondary N) is 1. The van der Waals surface area contributed by atoms with Crippen LogP contribution in [-0.4, -0.2) is 15.0 Å². The van der Waals surface area contributed by atoms with E-state index in [4.69, 9.17) is 4.74 Å². The Morgan fingerprint density at radius 2 is 1.86 bits per heavy atom. The van der Waals surface area contributed by atoms with Gasteiger partial charge in [0.1, 0.15) is 12.4 Å². The molecule has 0 saturated carbocycles. The molecule has 0 aromatic heterocycles. The maximum absolute atomic E-state index is 12.4. The number of anilines is 1. The first-order valence-electron chi connectivity index (χ1n) is 6.57. The Hall–Kier alpha value is -2.27. The van der Waals surface area contributed by atoms with Crippen LogP contribution in [0.3, 0.4) is 0 Å². The van der Waals surface area contributed by atoms with Gasteiger partial charge in [-0.25, -0.2) is 8.42 Å². The number of benzene rings is 2. The number of rotatable bonds is 3. The molecule has 0 bridgehead atoms. The average molecular weight is 301 g/mol. The first-order chi connectivity index (χ1) is 10.0. The van der Waals surface area contributed by atoms with Gasteiger partial charge >= 0.3 is 0 Å². The number of hydrogen-bond donors (Lipinski definition) is 1. The largest absolute Gasteiger partial charge is 0.489 e. The maximum atomic E-state index is 12.4. The zero-order valence-corrected chi connectivity index (χ0v) is 12.4. The van der Waals surface area contributed by atoms with Crippen LogP contribution in [0.1, 0.15) is 11.1 Å². The molecule has 0 atom stereocenters. The van der Waals surface area contributed by atoms with Gasteiger partial charge in [-0.15, -0.1) is 0 Å². The summed E-state index contributed by atoms with van der Waals surface area (Å²) >= 11 is 0. The number of hydrogen-bond acceptors (Lipinski definition) is 3. The second-order valence-corrected chi connectivity index (χ2v) is 6.57. The van der Waals surface area contributed by atoms with Gasteiger partial charge in [-0.3, -0.25) is 4.72 Å². The molecule has 0 radical (unpaired) electrons. The lowest BCUT2D eigenvalue weighted by atomic mass is 10.1. The van der Waals surface area contributed by atoms with E-state index >= 15 is 0 Å². The molecule has 2 aromatic carbocycles. The van der Waals surface area contributed by atoms with Gasteiger partial charge in [0.05, 0.1) is 4.90 Å². The average Bonchev–Trinajstić information content (AvgIpc) is 2.49. The summed E-state index contributed by atoms with van der Waals surface area (Å²) in [5.74, 6) is 0.701. The topological polar surface area (TPSA) is 55.4 Å². The number of ether oxygens (including phenoxy) is 1. The van der Waals surface area contributed by atoms with Crippen molar-refractivity contribution in [1.29, 1.82) is 0 Å². The second kappa shape index (κ2) is 5.26. The molecule has 21 heavy (non-hydrogen) atoms. The van der Waals surface area contributed by atoms with E-state index in [0.717, 1.165) is 11.1 Å². The fourth-order valence-electron chi connectivity index (χ4n) is 2.10. The zero-order valence-electron chi connectivity index (χ0n) is 11.5. The molecule has 1 N–H and O–H groups in total. The van der Waals surface area contributed by atoms with Crippen LogP contribution in [-0.2, 0) is 10.0 Å². The van der Waals surface area contributed by atoms with E-state index in [1.807, 2.05) is 31.2 Å². The van der Waals surface area contributed by atoms with Gasteiger partial charge in [0.25, 0.3) is 10.0 Å². The van der Waals surface area contributed by atoms with Gasteiger partial charge in [-0.05, 0) is 43.3 Å². The highest BCUT2D eigenvalue weighted by Gasteiger charge is 2.17. The SMILES string of the molecule is Cc1ccc(NS(=O)(=O)c2ccc3c(c2)C=CCO3)cc1. The van der Waals surface area contributed by atoms with Crippen molar-refractivity contribution in [3.8, 4) is 5.75 Å². The van der Waals surface area contributed by atoms with Gasteiger partial charge in [-0.2, -0.15) is 0 Å². The van der Waals surface area contributed by atoms with Crippen molar-refractivity contribution in [2.24, 2.45) is 0 Å². The summed E-state index contributed by atoms with van der Waals surface area (Å²) in [6.07, 6.45) is 3.72. The molecular weight excluding hydrogens is 286 g/mol. The van der Waals surface area contributed by atoms with Gasteiger partial charge in [0.2, 0.25) is 0 Å². The highest BCUT2D eigenvalue weighted by Crippen LogP contribution is 2.27. The van der Waals surface area contributed by atoms with E-state index in [1.54, 1.807) is 30.3 Å². The fourth-order valence-corrected chi connectivity index (χ4v) is 3.20. The molecular formula is C16H15NO3S. The van der Waals surface area contributed by atoms with Gasteiger partial charge in [0, 0.05) is 11.3 Å². The van der Waals surface area contributed by atoms with Crippen molar-refractivity contribution in [3.63, 3.8) is 0 Å². The van der Waals surface area contributed by atoms with Crippen molar-refractivity contribution < 1.29 is 13.2 Å². The Kier molecular flexibility index (Phi) is 3.43. The third-order valence-corrected chi connectivity index (χ3v) is 4.61. The second-order valence-electron chi connectivity index (χ2n) is 4.88. The van der Waals surface area contributed by atoms with Crippen LogP contribution in [0.5, 0.6) is 5.75 Å². The summed E-state index contributed by atoms with van der Waals surface area (Å²) in [5.41, 5.74) is 2.40. The number of fused-ring (bicyclic) bond motifs is 1. The van der Waals surface area contributed by atoms with E-state index in [9.17, 15) is 8.42 Å². The summed E-state index contributed by atoms with van der Waals surface area (Å²) in [6, 6.07) is 12.1. The van der Waals surface area contributed by atoms with Crippen LogP contribution in [0.15, 0.2) is 53.4 Å². The predicted octanol–water partition coefficient (Wildman–Crippen LogP) is 3.20. The minimum absolute atomic E-state index is 0.219. The molecule has 0 saturated heterocycles. The normalized spacial score (nSPS) is 13.4. The molecule has 1 aliphatic heterocycles. The van der Waals surface area contributed by atoms with E-state index in [2.05, 4.69) is 4.72 Å². The molecule has 0 spiro atoms. The van der Waals surface area contributed by atoms with Crippen LogP contribution in [0, 0.1) is 6.92 Å². The molecule has 3 rings (SSSR count). The fraction of sp³-hybridized carbons (Fsp3) is 0.125. The first-order valence-corrected chi connectivity index (χ1v) is 8.06. The Balaban J connectivity index is 1.91. The molecule has 1 aliphatic rings. The van der Waals surface area contributed by atoms with Crippen molar-refractivity contribution in [2.75, 3.05) is 11.3 Å². The van der Waals surface area contributed by atoms with Gasteiger partial charge in [-0.1, -0.05) is 23.8 Å². The van der Waals surface area contributed by atoms with E-state index in [-0.39, 0.29) is 4.90 Å².